The van der Waals surface area contributed by atoms with Gasteiger partial charge in [-0.2, -0.15) is 4.37 Å². The zero-order chi connectivity index (χ0) is 12.3. The van der Waals surface area contributed by atoms with E-state index in [4.69, 9.17) is 5.73 Å². The fraction of sp³-hybridized carbons (Fsp3) is 0.750. The number of nitrogens with one attached hydrogen (secondary N) is 1. The van der Waals surface area contributed by atoms with E-state index in [-0.39, 0.29) is 0 Å². The van der Waals surface area contributed by atoms with Crippen LogP contribution in [0.3, 0.4) is 0 Å². The van der Waals surface area contributed by atoms with Gasteiger partial charge in [0.15, 0.2) is 5.82 Å². The van der Waals surface area contributed by atoms with Crippen molar-refractivity contribution in [1.29, 1.82) is 0 Å². The third-order valence-corrected chi connectivity index (χ3v) is 5.21. The number of hydrogen-bond acceptors (Lipinski definition) is 5. The molecule has 1 aliphatic carbocycles. The molecule has 17 heavy (non-hydrogen) atoms. The Hall–Kier alpha value is -0.420. The third kappa shape index (κ3) is 3.28. The zero-order valence-electron chi connectivity index (χ0n) is 10.5. The first-order chi connectivity index (χ1) is 8.20. The Balaban J connectivity index is 1.99. The molecule has 2 unspecified atom stereocenters. The topological polar surface area (TPSA) is 50.9 Å². The molecule has 2 rings (SSSR count). The van der Waals surface area contributed by atoms with Gasteiger partial charge in [-0.15, -0.1) is 11.8 Å². The van der Waals surface area contributed by atoms with E-state index in [2.05, 4.69) is 22.9 Å². The van der Waals surface area contributed by atoms with Crippen LogP contribution in [-0.2, 0) is 0 Å². The van der Waals surface area contributed by atoms with Gasteiger partial charge in [-0.05, 0) is 43.0 Å². The summed E-state index contributed by atoms with van der Waals surface area (Å²) in [6, 6.07) is 0.602. The van der Waals surface area contributed by atoms with Crippen molar-refractivity contribution in [3.63, 3.8) is 0 Å². The van der Waals surface area contributed by atoms with Crippen molar-refractivity contribution in [3.8, 4) is 0 Å². The molecule has 1 aromatic heterocycles. The lowest BCUT2D eigenvalue weighted by Crippen LogP contribution is -2.18. The first-order valence-corrected chi connectivity index (χ1v) is 8.26. The summed E-state index contributed by atoms with van der Waals surface area (Å²) in [5.41, 5.74) is 5.85. The maximum Gasteiger partial charge on any atom is 0.153 e. The second kappa shape index (κ2) is 5.96. The Kier molecular flexibility index (Phi) is 4.56. The van der Waals surface area contributed by atoms with Gasteiger partial charge in [0.25, 0.3) is 0 Å². The van der Waals surface area contributed by atoms with Crippen LogP contribution in [-0.4, -0.2) is 16.7 Å². The molecule has 3 N–H and O–H groups in total. The van der Waals surface area contributed by atoms with Crippen LogP contribution in [0.1, 0.15) is 39.0 Å². The third-order valence-electron chi connectivity index (χ3n) is 3.47. The molecule has 96 valence electrons. The Morgan fingerprint density at radius 1 is 1.35 bits per heavy atom. The molecule has 1 fully saturated rings. The fourth-order valence-corrected chi connectivity index (χ4v) is 4.01. The molecule has 5 heteroatoms. The number of aromatic nitrogens is 1. The first kappa shape index (κ1) is 13.0. The van der Waals surface area contributed by atoms with Gasteiger partial charge in [-0.25, -0.2) is 0 Å². The van der Waals surface area contributed by atoms with Gasteiger partial charge in [0.1, 0.15) is 5.00 Å². The minimum Gasteiger partial charge on any atom is -0.382 e. The second-order valence-corrected chi connectivity index (χ2v) is 6.47. The second-order valence-electron chi connectivity index (χ2n) is 4.88. The molecular formula is C12H21N3S2. The molecule has 0 spiro atoms. The van der Waals surface area contributed by atoms with Gasteiger partial charge in [-0.1, -0.05) is 19.8 Å². The summed E-state index contributed by atoms with van der Waals surface area (Å²) in [5, 5.41) is 4.80. The molecule has 0 saturated heterocycles. The molecule has 3 nitrogen and oxygen atoms in total. The molecule has 1 aliphatic rings. The minimum atomic E-state index is 0.602. The number of hydrogen-bond donors (Lipinski definition) is 2. The molecular weight excluding hydrogens is 250 g/mol. The number of thioether (sulfide) groups is 1. The van der Waals surface area contributed by atoms with Gasteiger partial charge in [0, 0.05) is 6.04 Å². The summed E-state index contributed by atoms with van der Waals surface area (Å²) >= 11 is 3.18. The monoisotopic (exact) mass is 271 g/mol. The van der Waals surface area contributed by atoms with Gasteiger partial charge in [-0.3, -0.25) is 0 Å². The van der Waals surface area contributed by atoms with Crippen molar-refractivity contribution in [3.05, 3.63) is 0 Å². The van der Waals surface area contributed by atoms with Crippen molar-refractivity contribution >= 4 is 34.1 Å². The van der Waals surface area contributed by atoms with Crippen LogP contribution in [0.2, 0.25) is 0 Å². The SMILES string of the molecule is CSc1c(N)nsc1NC1CCCC(C)CC1. The van der Waals surface area contributed by atoms with Crippen molar-refractivity contribution < 1.29 is 0 Å². The molecule has 1 heterocycles. The first-order valence-electron chi connectivity index (χ1n) is 6.26. The predicted octanol–water partition coefficient (Wildman–Crippen LogP) is 3.83. The summed E-state index contributed by atoms with van der Waals surface area (Å²) in [6.45, 7) is 2.36. The van der Waals surface area contributed by atoms with Crippen LogP contribution in [0.15, 0.2) is 4.90 Å². The standard InChI is InChI=1S/C12H21N3S2/c1-8-4-3-5-9(7-6-8)14-12-10(16-2)11(13)15-17-12/h8-9,14H,3-7H2,1-2H3,(H2,13,15). The van der Waals surface area contributed by atoms with Crippen LogP contribution < -0.4 is 11.1 Å². The van der Waals surface area contributed by atoms with Crippen LogP contribution in [0, 0.1) is 5.92 Å². The van der Waals surface area contributed by atoms with Crippen LogP contribution in [0.4, 0.5) is 10.8 Å². The van der Waals surface area contributed by atoms with E-state index in [0.29, 0.717) is 11.9 Å². The number of anilines is 2. The maximum absolute atomic E-state index is 5.85. The molecule has 0 bridgehead atoms. The molecule has 1 saturated carbocycles. The lowest BCUT2D eigenvalue weighted by Gasteiger charge is -2.16. The molecule has 0 amide bonds. The fourth-order valence-electron chi connectivity index (χ4n) is 2.40. The van der Waals surface area contributed by atoms with E-state index in [1.807, 2.05) is 0 Å². The van der Waals surface area contributed by atoms with Crippen LogP contribution in [0.5, 0.6) is 0 Å². The van der Waals surface area contributed by atoms with E-state index in [1.54, 1.807) is 11.8 Å². The molecule has 0 aliphatic heterocycles. The Morgan fingerprint density at radius 2 is 2.18 bits per heavy atom. The summed E-state index contributed by atoms with van der Waals surface area (Å²) in [5.74, 6) is 1.56. The Bertz CT molecular complexity index is 365. The summed E-state index contributed by atoms with van der Waals surface area (Å²) in [6.07, 6.45) is 8.64. The zero-order valence-corrected chi connectivity index (χ0v) is 12.2. The highest BCUT2D eigenvalue weighted by atomic mass is 32.2. The van der Waals surface area contributed by atoms with E-state index in [0.717, 1.165) is 15.8 Å². The quantitative estimate of drug-likeness (QED) is 0.648. The minimum absolute atomic E-state index is 0.602. The van der Waals surface area contributed by atoms with Crippen molar-refractivity contribution in [2.75, 3.05) is 17.3 Å². The highest BCUT2D eigenvalue weighted by molar-refractivity contribution is 7.99. The molecule has 1 aromatic rings. The molecule has 2 atom stereocenters. The number of nitrogen functional groups attached to an aromatic ring is 1. The normalized spacial score (nSPS) is 25.5. The number of rotatable bonds is 3. The summed E-state index contributed by atoms with van der Waals surface area (Å²) in [4.78, 5) is 1.12. The lowest BCUT2D eigenvalue weighted by atomic mass is 10.0. The summed E-state index contributed by atoms with van der Waals surface area (Å²) < 4.78 is 4.23. The smallest absolute Gasteiger partial charge is 0.153 e. The van der Waals surface area contributed by atoms with Gasteiger partial charge >= 0.3 is 0 Å². The van der Waals surface area contributed by atoms with E-state index < -0.39 is 0 Å². The van der Waals surface area contributed by atoms with Gasteiger partial charge < -0.3 is 11.1 Å². The van der Waals surface area contributed by atoms with E-state index >= 15 is 0 Å². The van der Waals surface area contributed by atoms with Crippen molar-refractivity contribution in [1.82, 2.24) is 4.37 Å². The molecule has 0 aromatic carbocycles. The largest absolute Gasteiger partial charge is 0.382 e. The van der Waals surface area contributed by atoms with Crippen LogP contribution in [0.25, 0.3) is 0 Å². The number of nitrogens with zero attached hydrogens (tertiary/aromatic N) is 1. The number of nitrogens with two attached hydrogens (primary N) is 1. The maximum atomic E-state index is 5.85. The van der Waals surface area contributed by atoms with E-state index in [9.17, 15) is 0 Å². The molecule has 0 radical (unpaired) electrons. The van der Waals surface area contributed by atoms with Crippen molar-refractivity contribution in [2.24, 2.45) is 5.92 Å². The average molecular weight is 271 g/mol. The van der Waals surface area contributed by atoms with Crippen molar-refractivity contribution in [2.45, 2.75) is 50.0 Å². The Morgan fingerprint density at radius 3 is 2.94 bits per heavy atom. The highest BCUT2D eigenvalue weighted by Gasteiger charge is 2.18. The predicted molar refractivity (Wildman–Crippen MR) is 78.0 cm³/mol. The highest BCUT2D eigenvalue weighted by Crippen LogP contribution is 2.36. The summed E-state index contributed by atoms with van der Waals surface area (Å²) in [7, 11) is 0. The van der Waals surface area contributed by atoms with E-state index in [1.165, 1.54) is 43.6 Å². The lowest BCUT2D eigenvalue weighted by molar-refractivity contribution is 0.502. The van der Waals surface area contributed by atoms with Crippen LogP contribution >= 0.6 is 23.3 Å². The average Bonchev–Trinajstić information content (AvgIpc) is 2.52. The van der Waals surface area contributed by atoms with Gasteiger partial charge in [0.2, 0.25) is 0 Å². The Labute approximate surface area is 112 Å². The van der Waals surface area contributed by atoms with Gasteiger partial charge in [0.05, 0.1) is 4.90 Å².